The van der Waals surface area contributed by atoms with Crippen molar-refractivity contribution in [3.63, 3.8) is 0 Å². The minimum absolute atomic E-state index is 0.846. The Kier molecular flexibility index (Phi) is 3.60. The van der Waals surface area contributed by atoms with E-state index in [0.717, 1.165) is 70.8 Å². The molecule has 4 aromatic rings. The summed E-state index contributed by atoms with van der Waals surface area (Å²) < 4.78 is 4.17. The molecule has 0 amide bonds. The number of hydrogen-bond acceptors (Lipinski definition) is 4. The van der Waals surface area contributed by atoms with Gasteiger partial charge in [0.15, 0.2) is 0 Å². The molecule has 4 heterocycles. The molecular formula is C21H22N6. The normalized spacial score (nSPS) is 13.6. The van der Waals surface area contributed by atoms with E-state index >= 15 is 0 Å². The minimum atomic E-state index is 0.846. The van der Waals surface area contributed by atoms with Gasteiger partial charge in [-0.1, -0.05) is 6.07 Å². The Bertz CT molecular complexity index is 1170. The highest BCUT2D eigenvalue weighted by Crippen LogP contribution is 2.32. The van der Waals surface area contributed by atoms with Gasteiger partial charge in [0.25, 0.3) is 0 Å². The second-order valence-electron chi connectivity index (χ2n) is 7.30. The number of aromatic nitrogens is 5. The highest BCUT2D eigenvalue weighted by molar-refractivity contribution is 5.92. The Morgan fingerprint density at radius 3 is 2.85 bits per heavy atom. The lowest BCUT2D eigenvalue weighted by Crippen LogP contribution is -2.01. The molecule has 1 aliphatic heterocycles. The van der Waals surface area contributed by atoms with E-state index < -0.39 is 0 Å². The van der Waals surface area contributed by atoms with Gasteiger partial charge in [-0.15, -0.1) is 0 Å². The van der Waals surface area contributed by atoms with Crippen molar-refractivity contribution in [1.82, 2.24) is 24.1 Å². The zero-order valence-corrected chi connectivity index (χ0v) is 15.9. The summed E-state index contributed by atoms with van der Waals surface area (Å²) in [5, 5.41) is 4.76. The van der Waals surface area contributed by atoms with Crippen LogP contribution in [0.4, 0.5) is 5.69 Å². The summed E-state index contributed by atoms with van der Waals surface area (Å²) in [5.74, 6) is 1.07. The van der Waals surface area contributed by atoms with Crippen molar-refractivity contribution >= 4 is 28.5 Å². The standard InChI is InChI=1S/C21H22N6/c1-13-12-23-14(2)18-11-16(25-27(13)18)7-9-19-24-21-17(26(19)3)8-6-15-5-4-10-22-20(15)21/h6,8,10-12H,4-5,7,9H2,1-3H3. The van der Waals surface area contributed by atoms with E-state index in [2.05, 4.69) is 39.8 Å². The third kappa shape index (κ3) is 2.55. The zero-order chi connectivity index (χ0) is 18.5. The van der Waals surface area contributed by atoms with Crippen LogP contribution >= 0.6 is 0 Å². The number of imidazole rings is 1. The van der Waals surface area contributed by atoms with Crippen LogP contribution in [0, 0.1) is 13.8 Å². The summed E-state index contributed by atoms with van der Waals surface area (Å²) in [6.07, 6.45) is 7.64. The number of fused-ring (bicyclic) bond motifs is 4. The van der Waals surface area contributed by atoms with Crippen LogP contribution in [0.3, 0.4) is 0 Å². The number of aryl methyl sites for hydroxylation is 6. The van der Waals surface area contributed by atoms with Crippen molar-refractivity contribution in [2.45, 2.75) is 39.5 Å². The molecule has 0 unspecified atom stereocenters. The smallest absolute Gasteiger partial charge is 0.115 e. The molecule has 6 nitrogen and oxygen atoms in total. The molecule has 27 heavy (non-hydrogen) atoms. The SMILES string of the molecule is Cc1ncc(C)n2nc(CCc3nc4c5c(ccc4n3C)CCC=N5)cc12. The molecule has 0 radical (unpaired) electrons. The average molecular weight is 358 g/mol. The fourth-order valence-electron chi connectivity index (χ4n) is 3.91. The molecule has 6 heteroatoms. The fourth-order valence-corrected chi connectivity index (χ4v) is 3.91. The quantitative estimate of drug-likeness (QED) is 0.561. The molecule has 3 aromatic heterocycles. The molecule has 0 saturated carbocycles. The molecule has 5 rings (SSSR count). The van der Waals surface area contributed by atoms with Crippen molar-refractivity contribution < 1.29 is 0 Å². The highest BCUT2D eigenvalue weighted by Gasteiger charge is 2.16. The summed E-state index contributed by atoms with van der Waals surface area (Å²) >= 11 is 0. The van der Waals surface area contributed by atoms with Crippen molar-refractivity contribution in [3.05, 3.63) is 52.9 Å². The fraction of sp³-hybridized carbons (Fsp3) is 0.333. The van der Waals surface area contributed by atoms with Gasteiger partial charge in [0.2, 0.25) is 0 Å². The highest BCUT2D eigenvalue weighted by atomic mass is 15.2. The first kappa shape index (κ1) is 16.2. The molecule has 0 fully saturated rings. The second-order valence-corrected chi connectivity index (χ2v) is 7.30. The summed E-state index contributed by atoms with van der Waals surface area (Å²) in [7, 11) is 2.09. The van der Waals surface area contributed by atoms with Crippen LogP contribution in [0.1, 0.15) is 34.9 Å². The van der Waals surface area contributed by atoms with Crippen molar-refractivity contribution in [2.75, 3.05) is 0 Å². The van der Waals surface area contributed by atoms with Gasteiger partial charge >= 0.3 is 0 Å². The van der Waals surface area contributed by atoms with Crippen molar-refractivity contribution in [2.24, 2.45) is 12.0 Å². The largest absolute Gasteiger partial charge is 0.331 e. The number of benzene rings is 1. The minimum Gasteiger partial charge on any atom is -0.331 e. The van der Waals surface area contributed by atoms with Crippen molar-refractivity contribution in [1.29, 1.82) is 0 Å². The van der Waals surface area contributed by atoms with E-state index in [1.54, 1.807) is 0 Å². The second kappa shape index (κ2) is 6.01. The van der Waals surface area contributed by atoms with Crippen LogP contribution in [-0.4, -0.2) is 30.4 Å². The van der Waals surface area contributed by atoms with E-state index in [1.807, 2.05) is 30.8 Å². The van der Waals surface area contributed by atoms with Crippen LogP contribution in [-0.2, 0) is 26.3 Å². The maximum atomic E-state index is 4.93. The monoisotopic (exact) mass is 358 g/mol. The molecule has 0 aliphatic carbocycles. The van der Waals surface area contributed by atoms with E-state index in [1.165, 1.54) is 5.56 Å². The van der Waals surface area contributed by atoms with Crippen LogP contribution < -0.4 is 0 Å². The van der Waals surface area contributed by atoms with Crippen LogP contribution in [0.25, 0.3) is 16.6 Å². The average Bonchev–Trinajstić information content (AvgIpc) is 3.26. The van der Waals surface area contributed by atoms with E-state index in [9.17, 15) is 0 Å². The Labute approximate surface area is 157 Å². The van der Waals surface area contributed by atoms with Gasteiger partial charge in [-0.2, -0.15) is 5.10 Å². The molecular weight excluding hydrogens is 336 g/mol. The first-order valence-corrected chi connectivity index (χ1v) is 9.42. The van der Waals surface area contributed by atoms with Gasteiger partial charge in [0, 0.05) is 25.9 Å². The number of aliphatic imine (C=N–C) groups is 1. The molecule has 0 N–H and O–H groups in total. The lowest BCUT2D eigenvalue weighted by Gasteiger charge is -2.09. The third-order valence-electron chi connectivity index (χ3n) is 5.48. The van der Waals surface area contributed by atoms with Crippen LogP contribution in [0.5, 0.6) is 0 Å². The Morgan fingerprint density at radius 2 is 2.00 bits per heavy atom. The Hall–Kier alpha value is -3.02. The maximum Gasteiger partial charge on any atom is 0.115 e. The lowest BCUT2D eigenvalue weighted by atomic mass is 10.0. The molecule has 0 bridgehead atoms. The molecule has 1 aromatic carbocycles. The van der Waals surface area contributed by atoms with E-state index in [-0.39, 0.29) is 0 Å². The van der Waals surface area contributed by atoms with Gasteiger partial charge in [-0.05, 0) is 50.8 Å². The van der Waals surface area contributed by atoms with Gasteiger partial charge in [0.1, 0.15) is 11.3 Å². The summed E-state index contributed by atoms with van der Waals surface area (Å²) in [6.45, 7) is 4.06. The van der Waals surface area contributed by atoms with Crippen LogP contribution in [0.2, 0.25) is 0 Å². The maximum absolute atomic E-state index is 4.93. The zero-order valence-electron chi connectivity index (χ0n) is 15.9. The molecule has 0 atom stereocenters. The predicted octanol–water partition coefficient (Wildman–Crippen LogP) is 3.67. The topological polar surface area (TPSA) is 60.4 Å². The van der Waals surface area contributed by atoms with Gasteiger partial charge in [-0.3, -0.25) is 9.98 Å². The summed E-state index contributed by atoms with van der Waals surface area (Å²) in [4.78, 5) is 14.0. The number of nitrogens with zero attached hydrogens (tertiary/aromatic N) is 6. The van der Waals surface area contributed by atoms with Gasteiger partial charge in [0.05, 0.1) is 33.8 Å². The predicted molar refractivity (Wildman–Crippen MR) is 107 cm³/mol. The molecule has 136 valence electrons. The first-order valence-electron chi connectivity index (χ1n) is 9.42. The Morgan fingerprint density at radius 1 is 1.11 bits per heavy atom. The lowest BCUT2D eigenvalue weighted by molar-refractivity contribution is 0.761. The number of rotatable bonds is 3. The molecule has 1 aliphatic rings. The Balaban J connectivity index is 1.49. The van der Waals surface area contributed by atoms with Crippen LogP contribution in [0.15, 0.2) is 29.4 Å². The third-order valence-corrected chi connectivity index (χ3v) is 5.48. The molecule has 0 saturated heterocycles. The van der Waals surface area contributed by atoms with Gasteiger partial charge < -0.3 is 4.57 Å². The van der Waals surface area contributed by atoms with Crippen molar-refractivity contribution in [3.8, 4) is 0 Å². The number of hydrogen-bond donors (Lipinski definition) is 0. The molecule has 0 spiro atoms. The van der Waals surface area contributed by atoms with E-state index in [4.69, 9.17) is 10.1 Å². The summed E-state index contributed by atoms with van der Waals surface area (Å²) in [5.41, 5.74) is 8.72. The van der Waals surface area contributed by atoms with E-state index in [0.29, 0.717) is 0 Å². The first-order chi connectivity index (χ1) is 13.1. The van der Waals surface area contributed by atoms with Gasteiger partial charge in [-0.25, -0.2) is 9.50 Å². The summed E-state index contributed by atoms with van der Waals surface area (Å²) in [6, 6.07) is 6.51.